The molecule has 1 saturated heterocycles. The van der Waals surface area contributed by atoms with Gasteiger partial charge in [0.05, 0.1) is 22.1 Å². The molecule has 0 aliphatic carbocycles. The number of nitrogens with zero attached hydrogens (tertiary/aromatic N) is 4. The number of rotatable bonds is 5. The zero-order valence-corrected chi connectivity index (χ0v) is 19.2. The molecule has 0 unspecified atom stereocenters. The molecule has 1 aromatic carbocycles. The van der Waals surface area contributed by atoms with Gasteiger partial charge in [0.1, 0.15) is 11.6 Å². The molecule has 184 valence electrons. The highest BCUT2D eigenvalue weighted by atomic mass is 35.5. The van der Waals surface area contributed by atoms with E-state index in [0.717, 1.165) is 17.6 Å². The first-order valence-corrected chi connectivity index (χ1v) is 11.3. The van der Waals surface area contributed by atoms with Crippen molar-refractivity contribution in [2.24, 2.45) is 5.92 Å². The quantitative estimate of drug-likeness (QED) is 0.449. The maximum atomic E-state index is 13.5. The molecule has 0 spiro atoms. The fourth-order valence-electron chi connectivity index (χ4n) is 3.57. The Hall–Kier alpha value is -3.32. The van der Waals surface area contributed by atoms with Crippen molar-refractivity contribution in [3.05, 3.63) is 52.4 Å². The second-order valence-electron chi connectivity index (χ2n) is 7.70. The maximum absolute atomic E-state index is 13.5. The molecule has 0 atom stereocenters. The van der Waals surface area contributed by atoms with Gasteiger partial charge in [0.2, 0.25) is 5.13 Å². The molecule has 3 heterocycles. The summed E-state index contributed by atoms with van der Waals surface area (Å²) in [5.74, 6) is -2.95. The fraction of sp³-hybridized carbons (Fsp3) is 0.286. The van der Waals surface area contributed by atoms with Crippen LogP contribution in [0.5, 0.6) is 0 Å². The second-order valence-corrected chi connectivity index (χ2v) is 8.86. The number of hydrogen-bond acceptors (Lipinski definition) is 7. The van der Waals surface area contributed by atoms with Gasteiger partial charge in [-0.3, -0.25) is 14.9 Å². The van der Waals surface area contributed by atoms with E-state index in [-0.39, 0.29) is 27.1 Å². The van der Waals surface area contributed by atoms with Gasteiger partial charge in [0.15, 0.2) is 5.82 Å². The summed E-state index contributed by atoms with van der Waals surface area (Å²) in [5, 5.41) is 11.8. The summed E-state index contributed by atoms with van der Waals surface area (Å²) in [6, 6.07) is 3.79. The number of aromatic nitrogens is 3. The van der Waals surface area contributed by atoms with E-state index in [2.05, 4.69) is 19.7 Å². The Kier molecular flexibility index (Phi) is 6.90. The zero-order valence-electron chi connectivity index (χ0n) is 17.6. The monoisotopic (exact) mass is 529 g/mol. The smallest absolute Gasteiger partial charge is 0.419 e. The number of carbonyl (C=O) groups is 2. The molecule has 0 bridgehead atoms. The lowest BCUT2D eigenvalue weighted by molar-refractivity contribution is -0.142. The Bertz CT molecular complexity index is 1280. The summed E-state index contributed by atoms with van der Waals surface area (Å²) in [4.78, 5) is 33.8. The van der Waals surface area contributed by atoms with Gasteiger partial charge in [0.25, 0.3) is 5.91 Å². The minimum Gasteiger partial charge on any atom is -0.481 e. The van der Waals surface area contributed by atoms with Crippen molar-refractivity contribution in [1.82, 2.24) is 14.3 Å². The van der Waals surface area contributed by atoms with Crippen molar-refractivity contribution in [3.63, 3.8) is 0 Å². The summed E-state index contributed by atoms with van der Waals surface area (Å²) in [5.41, 5.74) is -1.39. The van der Waals surface area contributed by atoms with Crippen LogP contribution in [0.4, 0.5) is 28.5 Å². The molecule has 1 fully saturated rings. The van der Waals surface area contributed by atoms with Crippen LogP contribution in [-0.4, -0.2) is 44.4 Å². The standard InChI is InChI=1S/C21H16ClF4N5O3S/c22-14-8-12(9-27-17(14)31-5-3-10(4-6-31)19(33)34)18(32)29-20-28-16(30-35-20)11-1-2-15(23)13(7-11)21(24,25)26/h1-2,7-10H,3-6H2,(H,33,34)(H,28,29,30,32). The van der Waals surface area contributed by atoms with Gasteiger partial charge in [-0.25, -0.2) is 9.37 Å². The molecule has 1 amide bonds. The number of carboxylic acid groups (broad SMARTS) is 1. The molecule has 2 N–H and O–H groups in total. The molecule has 14 heteroatoms. The summed E-state index contributed by atoms with van der Waals surface area (Å²) in [6.45, 7) is 0.921. The lowest BCUT2D eigenvalue weighted by Gasteiger charge is -2.31. The van der Waals surface area contributed by atoms with E-state index in [4.69, 9.17) is 16.7 Å². The van der Waals surface area contributed by atoms with Gasteiger partial charge in [-0.1, -0.05) is 11.6 Å². The molecule has 0 saturated carbocycles. The molecule has 2 aromatic heterocycles. The van der Waals surface area contributed by atoms with E-state index < -0.39 is 35.4 Å². The third-order valence-electron chi connectivity index (χ3n) is 5.40. The minimum atomic E-state index is -4.88. The van der Waals surface area contributed by atoms with Crippen LogP contribution < -0.4 is 10.2 Å². The summed E-state index contributed by atoms with van der Waals surface area (Å²) in [7, 11) is 0. The van der Waals surface area contributed by atoms with Crippen molar-refractivity contribution in [1.29, 1.82) is 0 Å². The second kappa shape index (κ2) is 9.74. The van der Waals surface area contributed by atoms with Gasteiger partial charge < -0.3 is 10.0 Å². The van der Waals surface area contributed by atoms with Crippen LogP contribution in [0.2, 0.25) is 5.02 Å². The highest BCUT2D eigenvalue weighted by Gasteiger charge is 2.34. The number of carboxylic acids is 1. The summed E-state index contributed by atoms with van der Waals surface area (Å²) < 4.78 is 56.3. The topological polar surface area (TPSA) is 108 Å². The first kappa shape index (κ1) is 24.8. The van der Waals surface area contributed by atoms with E-state index in [1.54, 1.807) is 0 Å². The number of halogens is 5. The summed E-state index contributed by atoms with van der Waals surface area (Å²) >= 11 is 7.05. The Morgan fingerprint density at radius 3 is 2.54 bits per heavy atom. The number of amides is 1. The van der Waals surface area contributed by atoms with Crippen molar-refractivity contribution in [2.75, 3.05) is 23.3 Å². The first-order chi connectivity index (χ1) is 16.5. The molecular formula is C21H16ClF4N5O3S. The van der Waals surface area contributed by atoms with E-state index in [0.29, 0.717) is 43.9 Å². The normalized spacial score (nSPS) is 14.7. The number of benzene rings is 1. The van der Waals surface area contributed by atoms with Crippen LogP contribution in [0.3, 0.4) is 0 Å². The number of aliphatic carboxylic acids is 1. The number of piperidine rings is 1. The SMILES string of the molecule is O=C(Nc1nc(-c2ccc(F)c(C(F)(F)F)c2)ns1)c1cnc(N2CCC(C(=O)O)CC2)c(Cl)c1. The Morgan fingerprint density at radius 2 is 1.91 bits per heavy atom. The number of hydrogen-bond donors (Lipinski definition) is 2. The first-order valence-electron chi connectivity index (χ1n) is 10.2. The largest absolute Gasteiger partial charge is 0.481 e. The predicted octanol–water partition coefficient (Wildman–Crippen LogP) is 4.96. The van der Waals surface area contributed by atoms with E-state index in [1.165, 1.54) is 12.3 Å². The molecule has 4 rings (SSSR count). The van der Waals surface area contributed by atoms with Crippen molar-refractivity contribution < 1.29 is 32.3 Å². The third kappa shape index (κ3) is 5.51. The van der Waals surface area contributed by atoms with Crippen LogP contribution in [0.15, 0.2) is 30.5 Å². The molecule has 1 aliphatic heterocycles. The maximum Gasteiger partial charge on any atom is 0.419 e. The lowest BCUT2D eigenvalue weighted by Crippen LogP contribution is -2.37. The van der Waals surface area contributed by atoms with Gasteiger partial charge in [-0.05, 0) is 37.1 Å². The Morgan fingerprint density at radius 1 is 1.20 bits per heavy atom. The average Bonchev–Trinajstić information content (AvgIpc) is 3.27. The minimum absolute atomic E-state index is 0.0128. The number of carbonyl (C=O) groups excluding carboxylic acids is 1. The van der Waals surface area contributed by atoms with Gasteiger partial charge in [-0.2, -0.15) is 22.5 Å². The van der Waals surface area contributed by atoms with Crippen molar-refractivity contribution in [2.45, 2.75) is 19.0 Å². The van der Waals surface area contributed by atoms with Crippen molar-refractivity contribution >= 4 is 46.0 Å². The van der Waals surface area contributed by atoms with Crippen molar-refractivity contribution in [3.8, 4) is 11.4 Å². The van der Waals surface area contributed by atoms with Gasteiger partial charge in [0, 0.05) is 36.4 Å². The number of alkyl halides is 3. The predicted molar refractivity (Wildman–Crippen MR) is 120 cm³/mol. The lowest BCUT2D eigenvalue weighted by atomic mass is 9.97. The summed E-state index contributed by atoms with van der Waals surface area (Å²) in [6.07, 6.45) is -2.67. The van der Waals surface area contributed by atoms with Gasteiger partial charge in [-0.15, -0.1) is 0 Å². The van der Waals surface area contributed by atoms with E-state index in [9.17, 15) is 27.2 Å². The van der Waals surface area contributed by atoms with Gasteiger partial charge >= 0.3 is 12.1 Å². The van der Waals surface area contributed by atoms with Crippen LogP contribution >= 0.6 is 23.1 Å². The Balaban J connectivity index is 1.45. The highest BCUT2D eigenvalue weighted by Crippen LogP contribution is 2.34. The molecular weight excluding hydrogens is 514 g/mol. The molecule has 1 aliphatic rings. The third-order valence-corrected chi connectivity index (χ3v) is 6.31. The zero-order chi connectivity index (χ0) is 25.3. The molecule has 0 radical (unpaired) electrons. The molecule has 8 nitrogen and oxygen atoms in total. The van der Waals surface area contributed by atoms with Crippen LogP contribution in [0.25, 0.3) is 11.4 Å². The van der Waals surface area contributed by atoms with E-state index >= 15 is 0 Å². The number of nitrogens with one attached hydrogen (secondary N) is 1. The van der Waals surface area contributed by atoms with Crippen LogP contribution in [-0.2, 0) is 11.0 Å². The number of pyridine rings is 1. The van der Waals surface area contributed by atoms with Crippen LogP contribution in [0, 0.1) is 11.7 Å². The highest BCUT2D eigenvalue weighted by molar-refractivity contribution is 7.10. The molecule has 3 aromatic rings. The number of anilines is 2. The molecule has 35 heavy (non-hydrogen) atoms. The Labute approximate surface area is 204 Å². The fourth-order valence-corrected chi connectivity index (χ4v) is 4.44. The average molecular weight is 530 g/mol. The van der Waals surface area contributed by atoms with Crippen LogP contribution in [0.1, 0.15) is 28.8 Å². The van der Waals surface area contributed by atoms with E-state index in [1.807, 2.05) is 4.90 Å².